The Balaban J connectivity index is 1.61. The van der Waals surface area contributed by atoms with Crippen molar-refractivity contribution in [2.75, 3.05) is 0 Å². The lowest BCUT2D eigenvalue weighted by atomic mass is 9.99. The van der Waals surface area contributed by atoms with Crippen LogP contribution in [0.15, 0.2) is 76.7 Å². The average Bonchev–Trinajstić information content (AvgIpc) is 3.47. The molecule has 0 saturated carbocycles. The van der Waals surface area contributed by atoms with Crippen molar-refractivity contribution in [3.63, 3.8) is 0 Å². The van der Waals surface area contributed by atoms with Crippen molar-refractivity contribution in [3.8, 4) is 51.6 Å². The lowest BCUT2D eigenvalue weighted by molar-refractivity contribution is -0.147. The summed E-state index contributed by atoms with van der Waals surface area (Å²) < 4.78 is 15.5. The summed E-state index contributed by atoms with van der Waals surface area (Å²) in [7, 11) is 0. The van der Waals surface area contributed by atoms with Gasteiger partial charge in [-0.1, -0.05) is 12.1 Å². The van der Waals surface area contributed by atoms with E-state index in [0.29, 0.717) is 5.56 Å². The first-order valence-electron chi connectivity index (χ1n) is 15.0. The Morgan fingerprint density at radius 2 is 1.29 bits per heavy atom. The number of rotatable bonds is 11. The van der Waals surface area contributed by atoms with Crippen molar-refractivity contribution in [2.24, 2.45) is 0 Å². The summed E-state index contributed by atoms with van der Waals surface area (Å²) in [6, 6.07) is 13.1. The molecule has 268 valence electrons. The lowest BCUT2D eigenvalue weighted by Crippen LogP contribution is -2.29. The molecule has 5 aromatic rings. The Bertz CT molecular complexity index is 2260. The van der Waals surface area contributed by atoms with Gasteiger partial charge in [-0.15, -0.1) is 0 Å². The van der Waals surface area contributed by atoms with Crippen molar-refractivity contribution in [1.82, 2.24) is 0 Å². The van der Waals surface area contributed by atoms with Crippen LogP contribution in [0.3, 0.4) is 0 Å². The Labute approximate surface area is 291 Å². The number of fused-ring (bicyclic) bond motifs is 1. The molecule has 1 heterocycles. The Kier molecular flexibility index (Phi) is 10.1. The number of furan rings is 1. The van der Waals surface area contributed by atoms with E-state index in [1.165, 1.54) is 36.4 Å². The molecule has 52 heavy (non-hydrogen) atoms. The number of carbonyl (C=O) groups is 4. The Morgan fingerprint density at radius 3 is 1.88 bits per heavy atom. The molecule has 1 aromatic heterocycles. The van der Waals surface area contributed by atoms with Crippen LogP contribution in [0.1, 0.15) is 33.5 Å². The second-order valence-electron chi connectivity index (χ2n) is 11.3. The van der Waals surface area contributed by atoms with Gasteiger partial charge in [-0.2, -0.15) is 0 Å². The van der Waals surface area contributed by atoms with E-state index in [9.17, 15) is 60.0 Å². The molecular weight excluding hydrogens is 688 g/mol. The maximum Gasteiger partial charge on any atom is 0.513 e. The van der Waals surface area contributed by atoms with Crippen LogP contribution < -0.4 is 0 Å². The normalized spacial score (nSPS) is 12.0. The molecule has 1 atom stereocenters. The van der Waals surface area contributed by atoms with Crippen LogP contribution in [0, 0.1) is 0 Å². The van der Waals surface area contributed by atoms with Crippen LogP contribution in [-0.2, 0) is 31.9 Å². The van der Waals surface area contributed by atoms with Gasteiger partial charge in [0.05, 0.1) is 0 Å². The van der Waals surface area contributed by atoms with Gasteiger partial charge in [-0.25, -0.2) is 19.2 Å². The smallest absolute Gasteiger partial charge is 0.504 e. The largest absolute Gasteiger partial charge is 0.513 e. The number of benzene rings is 4. The highest BCUT2D eigenvalue weighted by Crippen LogP contribution is 2.42. The molecule has 0 bridgehead atoms. The monoisotopic (exact) mass is 716 g/mol. The summed E-state index contributed by atoms with van der Waals surface area (Å²) in [4.78, 5) is 50.1. The summed E-state index contributed by atoms with van der Waals surface area (Å²) in [5.41, 5.74) is -0.429. The van der Waals surface area contributed by atoms with Gasteiger partial charge in [0.15, 0.2) is 45.8 Å². The molecular formula is C36H28O16. The van der Waals surface area contributed by atoms with Crippen molar-refractivity contribution in [3.05, 3.63) is 94.6 Å². The Morgan fingerprint density at radius 1 is 0.692 bits per heavy atom. The standard InChI is InChI=1S/C36H28O16/c37-22-6-2-16(11-25(22)40)1-4-20(34(46)52-36(48)49)9-18-10-21-30(31(51-32(21)28(43)13-18)19-5-8-24(39)27(42)15-19)35(47)50-29(33(44)45)14-17-3-7-23(38)26(41)12-17/h2-3,5-13,15,29,37-43H,1,4,14H2,(H,44,45)(H,48,49). The highest BCUT2D eigenvalue weighted by atomic mass is 16.7. The molecule has 0 spiro atoms. The first kappa shape index (κ1) is 35.9. The molecule has 0 amide bonds. The number of phenols is 7. The summed E-state index contributed by atoms with van der Waals surface area (Å²) in [6.07, 6.45) is -3.23. The highest BCUT2D eigenvalue weighted by molar-refractivity contribution is 6.11. The molecule has 9 N–H and O–H groups in total. The van der Waals surface area contributed by atoms with E-state index in [4.69, 9.17) is 14.3 Å². The van der Waals surface area contributed by atoms with E-state index in [1.807, 2.05) is 0 Å². The van der Waals surface area contributed by atoms with E-state index in [1.54, 1.807) is 0 Å². The number of aryl methyl sites for hydroxylation is 1. The highest BCUT2D eigenvalue weighted by Gasteiger charge is 2.31. The summed E-state index contributed by atoms with van der Waals surface area (Å²) in [5.74, 6) is -8.10. The molecule has 1 unspecified atom stereocenters. The predicted octanol–water partition coefficient (Wildman–Crippen LogP) is 5.13. The number of hydrogen-bond donors (Lipinski definition) is 9. The van der Waals surface area contributed by atoms with Gasteiger partial charge in [-0.05, 0) is 90.2 Å². The van der Waals surface area contributed by atoms with Gasteiger partial charge >= 0.3 is 24.1 Å². The first-order valence-corrected chi connectivity index (χ1v) is 15.0. The van der Waals surface area contributed by atoms with Gasteiger partial charge in [-0.3, -0.25) is 0 Å². The topological polar surface area (TPSA) is 282 Å². The zero-order valence-corrected chi connectivity index (χ0v) is 26.5. The number of ether oxygens (including phenoxy) is 2. The molecule has 0 radical (unpaired) electrons. The third-order valence-electron chi connectivity index (χ3n) is 7.73. The van der Waals surface area contributed by atoms with Gasteiger partial charge in [0.2, 0.25) is 6.10 Å². The molecule has 0 saturated heterocycles. The number of esters is 2. The van der Waals surface area contributed by atoms with Gasteiger partial charge in [0.25, 0.3) is 0 Å². The van der Waals surface area contributed by atoms with E-state index < -0.39 is 76.6 Å². The molecule has 0 aliphatic rings. The van der Waals surface area contributed by atoms with Gasteiger partial charge < -0.3 is 59.8 Å². The molecule has 4 aromatic carbocycles. The average molecular weight is 717 g/mol. The quantitative estimate of drug-likeness (QED) is 0.0371. The van der Waals surface area contributed by atoms with E-state index in [2.05, 4.69) is 4.74 Å². The van der Waals surface area contributed by atoms with Crippen LogP contribution in [0.4, 0.5) is 4.79 Å². The van der Waals surface area contributed by atoms with E-state index in [-0.39, 0.29) is 57.6 Å². The zero-order chi connectivity index (χ0) is 37.9. The number of aliphatic carboxylic acids is 1. The minimum absolute atomic E-state index is 0.000184. The van der Waals surface area contributed by atoms with Crippen LogP contribution in [-0.4, -0.2) is 76.1 Å². The van der Waals surface area contributed by atoms with Crippen molar-refractivity contribution in [1.29, 1.82) is 0 Å². The molecule has 16 nitrogen and oxygen atoms in total. The summed E-state index contributed by atoms with van der Waals surface area (Å²) in [6.45, 7) is 0. The first-order chi connectivity index (χ1) is 24.6. The maximum atomic E-state index is 13.9. The molecule has 16 heteroatoms. The number of phenolic OH excluding ortho intramolecular Hbond substituents is 7. The third kappa shape index (κ3) is 7.92. The number of carbonyl (C=O) groups excluding carboxylic acids is 2. The molecule has 5 rings (SSSR count). The number of aromatic hydroxyl groups is 7. The predicted molar refractivity (Wildman–Crippen MR) is 177 cm³/mol. The third-order valence-corrected chi connectivity index (χ3v) is 7.73. The molecule has 0 aliphatic carbocycles. The molecule has 0 fully saturated rings. The van der Waals surface area contributed by atoms with Gasteiger partial charge in [0.1, 0.15) is 11.3 Å². The van der Waals surface area contributed by atoms with Crippen molar-refractivity contribution >= 4 is 41.1 Å². The fourth-order valence-electron chi connectivity index (χ4n) is 5.22. The second kappa shape index (κ2) is 14.6. The molecule has 0 aliphatic heterocycles. The van der Waals surface area contributed by atoms with Gasteiger partial charge in [0, 0.05) is 22.9 Å². The lowest BCUT2D eigenvalue weighted by Gasteiger charge is -2.15. The fourth-order valence-corrected chi connectivity index (χ4v) is 5.22. The van der Waals surface area contributed by atoms with Crippen molar-refractivity contribution in [2.45, 2.75) is 25.4 Å². The minimum atomic E-state index is -1.91. The zero-order valence-electron chi connectivity index (χ0n) is 26.5. The fraction of sp³-hybridized carbons (Fsp3) is 0.111. The SMILES string of the molecule is O=C(O)OC(=O)C(=Cc1cc(O)c2oc(-c3ccc(O)c(O)c3)c(C(=O)OC(Cc3ccc(O)c(O)c3)C(=O)O)c2c1)CCc1ccc(O)c(O)c1. The number of carboxylic acid groups (broad SMARTS) is 2. The van der Waals surface area contributed by atoms with Crippen LogP contribution >= 0.6 is 0 Å². The number of hydrogen-bond acceptors (Lipinski definition) is 14. The number of carboxylic acids is 1. The summed E-state index contributed by atoms with van der Waals surface area (Å²) in [5, 5.41) is 88.8. The second-order valence-corrected chi connectivity index (χ2v) is 11.3. The van der Waals surface area contributed by atoms with Crippen LogP contribution in [0.5, 0.6) is 40.2 Å². The summed E-state index contributed by atoms with van der Waals surface area (Å²) >= 11 is 0. The maximum absolute atomic E-state index is 13.9. The van der Waals surface area contributed by atoms with Crippen LogP contribution in [0.25, 0.3) is 28.4 Å². The van der Waals surface area contributed by atoms with E-state index in [0.717, 1.165) is 36.4 Å². The van der Waals surface area contributed by atoms with Crippen molar-refractivity contribution < 1.29 is 79.0 Å². The minimum Gasteiger partial charge on any atom is -0.504 e. The Hall–Kier alpha value is -7.36. The van der Waals surface area contributed by atoms with E-state index >= 15 is 0 Å². The van der Waals surface area contributed by atoms with Crippen LogP contribution in [0.2, 0.25) is 0 Å².